The first-order chi connectivity index (χ1) is 13.3. The van der Waals surface area contributed by atoms with Crippen LogP contribution in [0.15, 0.2) is 70.9 Å². The quantitative estimate of drug-likeness (QED) is 0.591. The number of thiophene rings is 1. The first-order valence-electron chi connectivity index (χ1n) is 8.47. The molecule has 1 heterocycles. The number of sulfonamides is 1. The maximum atomic E-state index is 12.7. The van der Waals surface area contributed by atoms with Gasteiger partial charge in [-0.05, 0) is 66.9 Å². The molecule has 0 spiro atoms. The van der Waals surface area contributed by atoms with Gasteiger partial charge in [0, 0.05) is 28.2 Å². The van der Waals surface area contributed by atoms with E-state index in [-0.39, 0.29) is 16.8 Å². The maximum absolute atomic E-state index is 12.7. The van der Waals surface area contributed by atoms with E-state index in [1.807, 2.05) is 24.4 Å². The molecule has 1 N–H and O–H groups in total. The monoisotopic (exact) mass is 434 g/mol. The summed E-state index contributed by atoms with van der Waals surface area (Å²) in [7, 11) is -2.02. The molecule has 8 heteroatoms. The standard InChI is InChI=1S/C20H19ClN2O3S2/c1-14(19-4-3-13-27-19)23(2)20(24)15-5-11-18(12-6-15)28(25,26)22-17-9-7-16(21)8-10-17/h3-14,22H,1-2H3. The molecule has 28 heavy (non-hydrogen) atoms. The number of nitrogens with zero attached hydrogens (tertiary/aromatic N) is 1. The number of anilines is 1. The molecule has 0 saturated heterocycles. The number of carbonyl (C=O) groups excluding carboxylic acids is 1. The third kappa shape index (κ3) is 4.55. The Labute approximate surface area is 173 Å². The second kappa shape index (κ2) is 8.34. The van der Waals surface area contributed by atoms with Crippen LogP contribution in [0.5, 0.6) is 0 Å². The van der Waals surface area contributed by atoms with Crippen LogP contribution in [-0.4, -0.2) is 26.3 Å². The molecular weight excluding hydrogens is 416 g/mol. The molecule has 0 saturated carbocycles. The van der Waals surface area contributed by atoms with Crippen molar-refractivity contribution in [1.82, 2.24) is 4.90 Å². The van der Waals surface area contributed by atoms with E-state index in [9.17, 15) is 13.2 Å². The van der Waals surface area contributed by atoms with Crippen LogP contribution in [-0.2, 0) is 10.0 Å². The summed E-state index contributed by atoms with van der Waals surface area (Å²) >= 11 is 7.40. The summed E-state index contributed by atoms with van der Waals surface area (Å²) in [6, 6.07) is 16.1. The minimum absolute atomic E-state index is 0.0671. The lowest BCUT2D eigenvalue weighted by molar-refractivity contribution is 0.0745. The number of hydrogen-bond acceptors (Lipinski definition) is 4. The zero-order valence-corrected chi connectivity index (χ0v) is 17.7. The van der Waals surface area contributed by atoms with Crippen molar-refractivity contribution >= 4 is 44.6 Å². The molecule has 2 aromatic carbocycles. The van der Waals surface area contributed by atoms with Gasteiger partial charge in [0.15, 0.2) is 0 Å². The fourth-order valence-electron chi connectivity index (χ4n) is 2.61. The minimum atomic E-state index is -3.76. The van der Waals surface area contributed by atoms with Crippen molar-refractivity contribution in [2.45, 2.75) is 17.9 Å². The molecule has 0 bridgehead atoms. The summed E-state index contributed by atoms with van der Waals surface area (Å²) in [5.74, 6) is -0.171. The van der Waals surface area contributed by atoms with Crippen LogP contribution in [0.25, 0.3) is 0 Å². The van der Waals surface area contributed by atoms with Crippen LogP contribution in [0.3, 0.4) is 0 Å². The number of hydrogen-bond donors (Lipinski definition) is 1. The summed E-state index contributed by atoms with van der Waals surface area (Å²) < 4.78 is 27.5. The summed E-state index contributed by atoms with van der Waals surface area (Å²) in [6.45, 7) is 1.96. The Morgan fingerprint density at radius 1 is 1.07 bits per heavy atom. The van der Waals surface area contributed by atoms with Crippen molar-refractivity contribution < 1.29 is 13.2 Å². The lowest BCUT2D eigenvalue weighted by atomic mass is 10.1. The Bertz CT molecular complexity index is 1050. The normalized spacial score (nSPS) is 12.4. The van der Waals surface area contributed by atoms with Crippen LogP contribution in [0.1, 0.15) is 28.2 Å². The molecule has 0 radical (unpaired) electrons. The fraction of sp³-hybridized carbons (Fsp3) is 0.150. The van der Waals surface area contributed by atoms with Gasteiger partial charge in [-0.15, -0.1) is 11.3 Å². The highest BCUT2D eigenvalue weighted by atomic mass is 35.5. The van der Waals surface area contributed by atoms with Crippen LogP contribution in [0, 0.1) is 0 Å². The van der Waals surface area contributed by atoms with Gasteiger partial charge in [0.05, 0.1) is 10.9 Å². The van der Waals surface area contributed by atoms with Gasteiger partial charge < -0.3 is 4.90 Å². The maximum Gasteiger partial charge on any atom is 0.261 e. The molecule has 0 aliphatic carbocycles. The van der Waals surface area contributed by atoms with Crippen molar-refractivity contribution in [2.24, 2.45) is 0 Å². The Hall–Kier alpha value is -2.35. The van der Waals surface area contributed by atoms with E-state index >= 15 is 0 Å². The summed E-state index contributed by atoms with van der Waals surface area (Å²) in [5, 5.41) is 2.49. The summed E-state index contributed by atoms with van der Waals surface area (Å²) in [6.07, 6.45) is 0. The predicted molar refractivity (Wildman–Crippen MR) is 114 cm³/mol. The third-order valence-electron chi connectivity index (χ3n) is 4.36. The Balaban J connectivity index is 1.75. The van der Waals surface area contributed by atoms with E-state index < -0.39 is 10.0 Å². The van der Waals surface area contributed by atoms with Crippen LogP contribution >= 0.6 is 22.9 Å². The molecule has 0 fully saturated rings. The average molecular weight is 435 g/mol. The average Bonchev–Trinajstić information content (AvgIpc) is 3.23. The minimum Gasteiger partial charge on any atom is -0.334 e. The molecule has 146 valence electrons. The lowest BCUT2D eigenvalue weighted by Gasteiger charge is -2.24. The van der Waals surface area contributed by atoms with Crippen molar-refractivity contribution in [3.8, 4) is 0 Å². The van der Waals surface area contributed by atoms with Crippen LogP contribution in [0.4, 0.5) is 5.69 Å². The molecule has 0 aliphatic rings. The molecule has 1 unspecified atom stereocenters. The van der Waals surface area contributed by atoms with Gasteiger partial charge in [-0.3, -0.25) is 9.52 Å². The highest BCUT2D eigenvalue weighted by molar-refractivity contribution is 7.92. The molecular formula is C20H19ClN2O3S2. The number of rotatable bonds is 6. The van der Waals surface area contributed by atoms with Crippen LogP contribution in [0.2, 0.25) is 5.02 Å². The number of amides is 1. The second-order valence-corrected chi connectivity index (χ2v) is 9.34. The van der Waals surface area contributed by atoms with Gasteiger partial charge in [-0.2, -0.15) is 0 Å². The molecule has 0 aliphatic heterocycles. The van der Waals surface area contributed by atoms with Gasteiger partial charge in [0.1, 0.15) is 0 Å². The van der Waals surface area contributed by atoms with Crippen molar-refractivity contribution in [3.63, 3.8) is 0 Å². The topological polar surface area (TPSA) is 66.5 Å². The summed E-state index contributed by atoms with van der Waals surface area (Å²) in [4.78, 5) is 15.5. The number of halogens is 1. The van der Waals surface area contributed by atoms with Gasteiger partial charge in [-0.25, -0.2) is 8.42 Å². The van der Waals surface area contributed by atoms with Gasteiger partial charge >= 0.3 is 0 Å². The molecule has 3 rings (SSSR count). The highest BCUT2D eigenvalue weighted by Crippen LogP contribution is 2.25. The highest BCUT2D eigenvalue weighted by Gasteiger charge is 2.21. The second-order valence-electron chi connectivity index (χ2n) is 6.24. The van der Waals surface area contributed by atoms with Crippen molar-refractivity contribution in [1.29, 1.82) is 0 Å². The van der Waals surface area contributed by atoms with E-state index in [2.05, 4.69) is 4.72 Å². The lowest BCUT2D eigenvalue weighted by Crippen LogP contribution is -2.29. The number of carbonyl (C=O) groups is 1. The molecule has 3 aromatic rings. The Kier molecular flexibility index (Phi) is 6.07. The van der Waals surface area contributed by atoms with E-state index in [1.165, 1.54) is 24.3 Å². The van der Waals surface area contributed by atoms with Crippen molar-refractivity contribution in [3.05, 3.63) is 81.5 Å². The molecule has 1 aromatic heterocycles. The SMILES string of the molecule is CC(c1cccs1)N(C)C(=O)c1ccc(S(=O)(=O)Nc2ccc(Cl)cc2)cc1. The van der Waals surface area contributed by atoms with Crippen LogP contribution < -0.4 is 4.72 Å². The van der Waals surface area contributed by atoms with Gasteiger partial charge in [0.25, 0.3) is 15.9 Å². The Morgan fingerprint density at radius 3 is 2.29 bits per heavy atom. The fourth-order valence-corrected chi connectivity index (χ4v) is 4.62. The van der Waals surface area contributed by atoms with Gasteiger partial charge in [-0.1, -0.05) is 17.7 Å². The zero-order chi connectivity index (χ0) is 20.3. The number of nitrogens with one attached hydrogen (secondary N) is 1. The largest absolute Gasteiger partial charge is 0.334 e. The smallest absolute Gasteiger partial charge is 0.261 e. The zero-order valence-electron chi connectivity index (χ0n) is 15.3. The molecule has 1 amide bonds. The summed E-state index contributed by atoms with van der Waals surface area (Å²) in [5.41, 5.74) is 0.838. The Morgan fingerprint density at radius 2 is 1.71 bits per heavy atom. The molecule has 5 nitrogen and oxygen atoms in total. The van der Waals surface area contributed by atoms with E-state index in [0.717, 1.165) is 4.88 Å². The van der Waals surface area contributed by atoms with E-state index in [0.29, 0.717) is 16.3 Å². The van der Waals surface area contributed by atoms with Crippen molar-refractivity contribution in [2.75, 3.05) is 11.8 Å². The predicted octanol–water partition coefficient (Wildman–Crippen LogP) is 5.04. The number of benzene rings is 2. The van der Waals surface area contributed by atoms with E-state index in [4.69, 9.17) is 11.6 Å². The van der Waals surface area contributed by atoms with Gasteiger partial charge in [0.2, 0.25) is 0 Å². The first-order valence-corrected chi connectivity index (χ1v) is 11.2. The first kappa shape index (κ1) is 20.4. The van der Waals surface area contributed by atoms with E-state index in [1.54, 1.807) is 47.5 Å². The molecule has 1 atom stereocenters. The third-order valence-corrected chi connectivity index (χ3v) is 7.06.